The quantitative estimate of drug-likeness (QED) is 0.842. The molecule has 4 nitrogen and oxygen atoms in total. The van der Waals surface area contributed by atoms with Gasteiger partial charge in [0.15, 0.2) is 0 Å². The molecule has 1 atom stereocenters. The largest absolute Gasteiger partial charge is 0.495 e. The predicted octanol–water partition coefficient (Wildman–Crippen LogP) is 2.13. The molecule has 15 heavy (non-hydrogen) atoms. The summed E-state index contributed by atoms with van der Waals surface area (Å²) in [5, 5.41) is 3.20. The van der Waals surface area contributed by atoms with Crippen molar-refractivity contribution in [3.63, 3.8) is 0 Å². The third kappa shape index (κ3) is 1.99. The average molecular weight is 228 g/mol. The molecule has 5 heteroatoms. The van der Waals surface area contributed by atoms with Gasteiger partial charge >= 0.3 is 6.09 Å². The topological polar surface area (TPSA) is 47.6 Å². The lowest BCUT2D eigenvalue weighted by Crippen LogP contribution is -2.18. The fourth-order valence-electron chi connectivity index (χ4n) is 1.46. The average Bonchev–Trinajstić information content (AvgIpc) is 2.65. The van der Waals surface area contributed by atoms with Crippen LogP contribution in [0.4, 0.5) is 4.79 Å². The van der Waals surface area contributed by atoms with E-state index in [1.807, 2.05) is 6.07 Å². The Hall–Kier alpha value is -1.42. The van der Waals surface area contributed by atoms with Gasteiger partial charge in [-0.1, -0.05) is 17.7 Å². The Morgan fingerprint density at radius 2 is 2.40 bits per heavy atom. The summed E-state index contributed by atoms with van der Waals surface area (Å²) in [5.41, 5.74) is 0.909. The summed E-state index contributed by atoms with van der Waals surface area (Å²) in [4.78, 5) is 10.8. The van der Waals surface area contributed by atoms with Crippen LogP contribution in [-0.4, -0.2) is 19.8 Å². The van der Waals surface area contributed by atoms with Crippen LogP contribution >= 0.6 is 11.6 Å². The van der Waals surface area contributed by atoms with E-state index < -0.39 is 6.09 Å². The molecule has 2 rings (SSSR count). The Morgan fingerprint density at radius 1 is 1.60 bits per heavy atom. The minimum atomic E-state index is -0.396. The molecule has 0 radical (unpaired) electrons. The van der Waals surface area contributed by atoms with Crippen LogP contribution in [0.1, 0.15) is 11.6 Å². The Morgan fingerprint density at radius 3 is 2.93 bits per heavy atom. The van der Waals surface area contributed by atoms with E-state index in [1.54, 1.807) is 19.2 Å². The fraction of sp³-hybridized carbons (Fsp3) is 0.300. The first-order valence-electron chi connectivity index (χ1n) is 4.47. The number of carbonyl (C=O) groups is 1. The summed E-state index contributed by atoms with van der Waals surface area (Å²) in [5.74, 6) is 0.616. The molecule has 1 aromatic rings. The molecule has 1 fully saturated rings. The van der Waals surface area contributed by atoms with Crippen molar-refractivity contribution in [1.29, 1.82) is 0 Å². The van der Waals surface area contributed by atoms with Crippen LogP contribution in [0.3, 0.4) is 0 Å². The summed E-state index contributed by atoms with van der Waals surface area (Å²) < 4.78 is 9.83. The van der Waals surface area contributed by atoms with Crippen LogP contribution in [0.25, 0.3) is 0 Å². The zero-order chi connectivity index (χ0) is 10.8. The molecule has 0 aliphatic carbocycles. The second-order valence-corrected chi connectivity index (χ2v) is 3.60. The number of nitrogens with one attached hydrogen (secondary N) is 1. The SMILES string of the molecule is COc1ccc(C2COC(=O)N2)cc1Cl. The summed E-state index contributed by atoms with van der Waals surface area (Å²) in [6, 6.07) is 5.26. The molecule has 0 bridgehead atoms. The van der Waals surface area contributed by atoms with Crippen molar-refractivity contribution < 1.29 is 14.3 Å². The third-order valence-electron chi connectivity index (χ3n) is 2.25. The van der Waals surface area contributed by atoms with Crippen LogP contribution in [0.5, 0.6) is 5.75 Å². The van der Waals surface area contributed by atoms with Gasteiger partial charge < -0.3 is 14.8 Å². The van der Waals surface area contributed by atoms with Crippen LogP contribution in [0.2, 0.25) is 5.02 Å². The van der Waals surface area contributed by atoms with E-state index in [0.717, 1.165) is 5.56 Å². The maximum atomic E-state index is 10.8. The van der Waals surface area contributed by atoms with Crippen LogP contribution in [0, 0.1) is 0 Å². The molecule has 80 valence electrons. The fourth-order valence-corrected chi connectivity index (χ4v) is 1.73. The van der Waals surface area contributed by atoms with Gasteiger partial charge in [-0.15, -0.1) is 0 Å². The van der Waals surface area contributed by atoms with Gasteiger partial charge in [-0.25, -0.2) is 4.79 Å². The number of cyclic esters (lactones) is 1. The minimum Gasteiger partial charge on any atom is -0.495 e. The van der Waals surface area contributed by atoms with Gasteiger partial charge in [-0.05, 0) is 17.7 Å². The zero-order valence-corrected chi connectivity index (χ0v) is 8.88. The summed E-state index contributed by atoms with van der Waals surface area (Å²) in [6.07, 6.45) is -0.396. The molecule has 1 saturated heterocycles. The number of amides is 1. The van der Waals surface area contributed by atoms with E-state index in [9.17, 15) is 4.79 Å². The van der Waals surface area contributed by atoms with Gasteiger partial charge in [0.05, 0.1) is 18.2 Å². The molecule has 1 aromatic carbocycles. The van der Waals surface area contributed by atoms with E-state index in [-0.39, 0.29) is 6.04 Å². The Kier molecular flexibility index (Phi) is 2.68. The first-order valence-corrected chi connectivity index (χ1v) is 4.85. The zero-order valence-electron chi connectivity index (χ0n) is 8.12. The van der Waals surface area contributed by atoms with Crippen LogP contribution in [-0.2, 0) is 4.74 Å². The highest BCUT2D eigenvalue weighted by Gasteiger charge is 2.24. The van der Waals surface area contributed by atoms with Crippen molar-refractivity contribution >= 4 is 17.7 Å². The van der Waals surface area contributed by atoms with Crippen molar-refractivity contribution in [2.24, 2.45) is 0 Å². The summed E-state index contributed by atoms with van der Waals surface area (Å²) in [7, 11) is 1.56. The standard InChI is InChI=1S/C10H10ClNO3/c1-14-9-3-2-6(4-7(9)11)8-5-15-10(13)12-8/h2-4,8H,5H2,1H3,(H,12,13). The second kappa shape index (κ2) is 3.98. The lowest BCUT2D eigenvalue weighted by Gasteiger charge is -2.09. The highest BCUT2D eigenvalue weighted by Crippen LogP contribution is 2.28. The molecule has 0 aromatic heterocycles. The Bertz CT molecular complexity index is 394. The number of benzene rings is 1. The number of alkyl carbamates (subject to hydrolysis) is 1. The molecule has 0 saturated carbocycles. The van der Waals surface area contributed by atoms with Gasteiger partial charge in [0.25, 0.3) is 0 Å². The smallest absolute Gasteiger partial charge is 0.407 e. The van der Waals surface area contributed by atoms with Gasteiger partial charge in [0, 0.05) is 0 Å². The lowest BCUT2D eigenvalue weighted by molar-refractivity contribution is 0.177. The third-order valence-corrected chi connectivity index (χ3v) is 2.55. The predicted molar refractivity (Wildman–Crippen MR) is 55.2 cm³/mol. The molecule has 1 amide bonds. The van der Waals surface area contributed by atoms with Crippen molar-refractivity contribution in [3.05, 3.63) is 28.8 Å². The lowest BCUT2D eigenvalue weighted by atomic mass is 10.1. The molecule has 1 aliphatic heterocycles. The van der Waals surface area contributed by atoms with E-state index in [0.29, 0.717) is 17.4 Å². The van der Waals surface area contributed by atoms with Crippen molar-refractivity contribution in [1.82, 2.24) is 5.32 Å². The number of halogens is 1. The number of hydrogen-bond donors (Lipinski definition) is 1. The Balaban J connectivity index is 2.22. The van der Waals surface area contributed by atoms with E-state index >= 15 is 0 Å². The monoisotopic (exact) mass is 227 g/mol. The van der Waals surface area contributed by atoms with E-state index in [4.69, 9.17) is 21.1 Å². The molecular weight excluding hydrogens is 218 g/mol. The normalized spacial score (nSPS) is 19.6. The molecule has 1 heterocycles. The molecule has 1 aliphatic rings. The van der Waals surface area contributed by atoms with Gasteiger partial charge in [0.1, 0.15) is 12.4 Å². The number of carbonyl (C=O) groups excluding carboxylic acids is 1. The number of hydrogen-bond acceptors (Lipinski definition) is 3. The summed E-state index contributed by atoms with van der Waals surface area (Å²) in [6.45, 7) is 0.335. The maximum Gasteiger partial charge on any atom is 0.407 e. The van der Waals surface area contributed by atoms with E-state index in [1.165, 1.54) is 0 Å². The van der Waals surface area contributed by atoms with Gasteiger partial charge in [-0.2, -0.15) is 0 Å². The molecule has 1 N–H and O–H groups in total. The van der Waals surface area contributed by atoms with Gasteiger partial charge in [-0.3, -0.25) is 0 Å². The minimum absolute atomic E-state index is 0.124. The van der Waals surface area contributed by atoms with Crippen molar-refractivity contribution in [2.75, 3.05) is 13.7 Å². The first-order chi connectivity index (χ1) is 7.20. The van der Waals surface area contributed by atoms with Crippen LogP contribution < -0.4 is 10.1 Å². The summed E-state index contributed by atoms with van der Waals surface area (Å²) >= 11 is 5.97. The number of rotatable bonds is 2. The maximum absolute atomic E-state index is 10.8. The van der Waals surface area contributed by atoms with Crippen molar-refractivity contribution in [2.45, 2.75) is 6.04 Å². The number of methoxy groups -OCH3 is 1. The number of ether oxygens (including phenoxy) is 2. The molecule has 1 unspecified atom stereocenters. The second-order valence-electron chi connectivity index (χ2n) is 3.19. The highest BCUT2D eigenvalue weighted by atomic mass is 35.5. The first kappa shape index (κ1) is 10.1. The van der Waals surface area contributed by atoms with Crippen LogP contribution in [0.15, 0.2) is 18.2 Å². The van der Waals surface area contributed by atoms with E-state index in [2.05, 4.69) is 5.32 Å². The van der Waals surface area contributed by atoms with Crippen molar-refractivity contribution in [3.8, 4) is 5.75 Å². The highest BCUT2D eigenvalue weighted by molar-refractivity contribution is 6.32. The molecular formula is C10H10ClNO3. The van der Waals surface area contributed by atoms with Gasteiger partial charge in [0.2, 0.25) is 0 Å². The Labute approximate surface area is 92.1 Å². The molecule has 0 spiro atoms.